The van der Waals surface area contributed by atoms with Crippen LogP contribution >= 0.6 is 0 Å². The summed E-state index contributed by atoms with van der Waals surface area (Å²) >= 11 is 0. The third kappa shape index (κ3) is 3.06. The summed E-state index contributed by atoms with van der Waals surface area (Å²) in [6.45, 7) is 2.28. The number of piperidine rings is 1. The van der Waals surface area contributed by atoms with Crippen molar-refractivity contribution in [3.63, 3.8) is 0 Å². The lowest BCUT2D eigenvalue weighted by Gasteiger charge is -2.32. The number of carbonyl (C=O) groups is 1. The van der Waals surface area contributed by atoms with Crippen LogP contribution in [0.2, 0.25) is 0 Å². The van der Waals surface area contributed by atoms with Crippen molar-refractivity contribution in [2.45, 2.75) is 38.1 Å². The van der Waals surface area contributed by atoms with Gasteiger partial charge >= 0.3 is 0 Å². The van der Waals surface area contributed by atoms with Gasteiger partial charge < -0.3 is 16.3 Å². The molecule has 6 heteroatoms. The molecule has 0 spiro atoms. The highest BCUT2D eigenvalue weighted by atomic mass is 16.4. The molecule has 1 saturated heterocycles. The molecule has 112 valence electrons. The maximum atomic E-state index is 12.2. The molecule has 0 aromatic heterocycles. The first-order valence-corrected chi connectivity index (χ1v) is 7.65. The molecule has 20 heavy (non-hydrogen) atoms. The molecule has 2 atom stereocenters. The van der Waals surface area contributed by atoms with Crippen molar-refractivity contribution in [3.05, 3.63) is 0 Å². The summed E-state index contributed by atoms with van der Waals surface area (Å²) < 4.78 is 0. The fourth-order valence-corrected chi connectivity index (χ4v) is 3.74. The number of hydrogen-bond acceptors (Lipinski definition) is 4. The van der Waals surface area contributed by atoms with Crippen molar-refractivity contribution < 1.29 is 10.0 Å². The number of nitrogens with zero attached hydrogens (tertiary/aromatic N) is 2. The second-order valence-electron chi connectivity index (χ2n) is 6.57. The molecule has 2 unspecified atom stereocenters. The fourth-order valence-electron chi connectivity index (χ4n) is 3.74. The second-order valence-corrected chi connectivity index (χ2v) is 6.57. The molecule has 6 nitrogen and oxygen atoms in total. The van der Waals surface area contributed by atoms with Crippen LogP contribution in [0.4, 0.5) is 0 Å². The molecule has 0 radical (unpaired) electrons. The minimum atomic E-state index is 0.248. The molecule has 0 aromatic rings. The van der Waals surface area contributed by atoms with Gasteiger partial charge in [-0.15, -0.1) is 0 Å². The smallest absolute Gasteiger partial charge is 0.223 e. The monoisotopic (exact) mass is 280 g/mol. The third-order valence-electron chi connectivity index (χ3n) is 5.06. The molecule has 1 aliphatic heterocycles. The SMILES string of the molecule is NC(CN1CCC(NC(=O)C2CC3CC3C2)CC1)=NO. The van der Waals surface area contributed by atoms with E-state index in [4.69, 9.17) is 10.9 Å². The largest absolute Gasteiger partial charge is 0.409 e. The quantitative estimate of drug-likeness (QED) is 0.300. The van der Waals surface area contributed by atoms with Gasteiger partial charge in [-0.1, -0.05) is 5.16 Å². The van der Waals surface area contributed by atoms with Gasteiger partial charge in [0.25, 0.3) is 0 Å². The number of rotatable bonds is 4. The van der Waals surface area contributed by atoms with Gasteiger partial charge in [-0.25, -0.2) is 0 Å². The molecular weight excluding hydrogens is 256 g/mol. The van der Waals surface area contributed by atoms with Gasteiger partial charge in [0.1, 0.15) is 0 Å². The van der Waals surface area contributed by atoms with E-state index in [1.54, 1.807) is 0 Å². The fraction of sp³-hybridized carbons (Fsp3) is 0.857. The van der Waals surface area contributed by atoms with Crippen molar-refractivity contribution in [3.8, 4) is 0 Å². The maximum absolute atomic E-state index is 12.2. The maximum Gasteiger partial charge on any atom is 0.223 e. The standard InChI is InChI=1S/C14H24N4O2/c15-13(17-20)8-18-3-1-12(2-4-18)16-14(19)11-6-9-5-10(9)7-11/h9-12,20H,1-8H2,(H2,15,17)(H,16,19). The van der Waals surface area contributed by atoms with Gasteiger partial charge in [0.15, 0.2) is 5.84 Å². The normalized spacial score (nSPS) is 34.8. The predicted octanol–water partition coefficient (Wildman–Crippen LogP) is 0.360. The third-order valence-corrected chi connectivity index (χ3v) is 5.06. The average Bonchev–Trinajstić information content (AvgIpc) is 3.07. The second kappa shape index (κ2) is 5.60. The molecule has 0 aromatic carbocycles. The predicted molar refractivity (Wildman–Crippen MR) is 75.3 cm³/mol. The van der Waals surface area contributed by atoms with Crippen LogP contribution in [0.1, 0.15) is 32.1 Å². The minimum absolute atomic E-state index is 0.248. The van der Waals surface area contributed by atoms with Crippen LogP contribution < -0.4 is 11.1 Å². The summed E-state index contributed by atoms with van der Waals surface area (Å²) in [4.78, 5) is 14.3. The first-order chi connectivity index (χ1) is 9.65. The Labute approximate surface area is 119 Å². The highest BCUT2D eigenvalue weighted by Gasteiger charge is 2.48. The molecule has 1 amide bonds. The van der Waals surface area contributed by atoms with Crippen molar-refractivity contribution >= 4 is 11.7 Å². The summed E-state index contributed by atoms with van der Waals surface area (Å²) in [5.41, 5.74) is 5.51. The number of nitrogens with one attached hydrogen (secondary N) is 1. The number of carbonyl (C=O) groups excluding carboxylic acids is 1. The number of fused-ring (bicyclic) bond motifs is 1. The number of likely N-dealkylation sites (tertiary alicyclic amines) is 1. The van der Waals surface area contributed by atoms with E-state index in [1.807, 2.05) is 0 Å². The Bertz CT molecular complexity index is 394. The summed E-state index contributed by atoms with van der Waals surface area (Å²) in [6.07, 6.45) is 5.47. The highest BCUT2D eigenvalue weighted by Crippen LogP contribution is 2.54. The molecule has 2 aliphatic carbocycles. The number of nitrogens with two attached hydrogens (primary N) is 1. The van der Waals surface area contributed by atoms with E-state index < -0.39 is 0 Å². The Morgan fingerprint density at radius 3 is 2.50 bits per heavy atom. The summed E-state index contributed by atoms with van der Waals surface area (Å²) in [5, 5.41) is 14.8. The van der Waals surface area contributed by atoms with E-state index in [-0.39, 0.29) is 17.7 Å². The Kier molecular flexibility index (Phi) is 3.83. The van der Waals surface area contributed by atoms with Crippen molar-refractivity contribution in [2.24, 2.45) is 28.6 Å². The molecule has 1 heterocycles. The van der Waals surface area contributed by atoms with E-state index in [0.29, 0.717) is 12.6 Å². The summed E-state index contributed by atoms with van der Waals surface area (Å²) in [5.74, 6) is 2.50. The van der Waals surface area contributed by atoms with E-state index in [9.17, 15) is 4.79 Å². The van der Waals surface area contributed by atoms with Crippen LogP contribution in [-0.2, 0) is 4.79 Å². The van der Waals surface area contributed by atoms with Crippen LogP contribution in [-0.4, -0.2) is 47.5 Å². The van der Waals surface area contributed by atoms with Crippen LogP contribution in [0.3, 0.4) is 0 Å². The van der Waals surface area contributed by atoms with Crippen LogP contribution in [0.25, 0.3) is 0 Å². The van der Waals surface area contributed by atoms with Crippen LogP contribution in [0, 0.1) is 17.8 Å². The van der Waals surface area contributed by atoms with E-state index >= 15 is 0 Å². The molecule has 3 aliphatic rings. The molecular formula is C14H24N4O2. The van der Waals surface area contributed by atoms with Gasteiger partial charge in [0.2, 0.25) is 5.91 Å². The summed E-state index contributed by atoms with van der Waals surface area (Å²) in [6, 6.07) is 0.294. The first-order valence-electron chi connectivity index (χ1n) is 7.65. The zero-order chi connectivity index (χ0) is 14.1. The van der Waals surface area contributed by atoms with E-state index in [0.717, 1.165) is 50.6 Å². The van der Waals surface area contributed by atoms with Crippen molar-refractivity contribution in [1.82, 2.24) is 10.2 Å². The lowest BCUT2D eigenvalue weighted by Crippen LogP contribution is -2.47. The van der Waals surface area contributed by atoms with Crippen molar-refractivity contribution in [2.75, 3.05) is 19.6 Å². The number of oxime groups is 1. The molecule has 2 saturated carbocycles. The first kappa shape index (κ1) is 13.7. The van der Waals surface area contributed by atoms with E-state index in [2.05, 4.69) is 15.4 Å². The Morgan fingerprint density at radius 1 is 1.25 bits per heavy atom. The zero-order valence-corrected chi connectivity index (χ0v) is 11.8. The van der Waals surface area contributed by atoms with E-state index in [1.165, 1.54) is 6.42 Å². The number of hydrogen-bond donors (Lipinski definition) is 3. The Morgan fingerprint density at radius 2 is 1.90 bits per heavy atom. The lowest BCUT2D eigenvalue weighted by atomic mass is 10.00. The van der Waals surface area contributed by atoms with Gasteiger partial charge in [-0.05, 0) is 43.9 Å². The minimum Gasteiger partial charge on any atom is -0.409 e. The Balaban J connectivity index is 1.39. The summed E-state index contributed by atoms with van der Waals surface area (Å²) in [7, 11) is 0. The molecule has 3 rings (SSSR count). The highest BCUT2D eigenvalue weighted by molar-refractivity contribution is 5.81. The molecule has 3 fully saturated rings. The number of amidine groups is 1. The molecule has 4 N–H and O–H groups in total. The lowest BCUT2D eigenvalue weighted by molar-refractivity contribution is -0.126. The van der Waals surface area contributed by atoms with Gasteiger partial charge in [0, 0.05) is 25.0 Å². The topological polar surface area (TPSA) is 91.0 Å². The number of amides is 1. The van der Waals surface area contributed by atoms with Crippen LogP contribution in [0.15, 0.2) is 5.16 Å². The van der Waals surface area contributed by atoms with Crippen LogP contribution in [0.5, 0.6) is 0 Å². The average molecular weight is 280 g/mol. The zero-order valence-electron chi connectivity index (χ0n) is 11.8. The molecule has 0 bridgehead atoms. The van der Waals surface area contributed by atoms with Gasteiger partial charge in [0.05, 0.1) is 6.54 Å². The van der Waals surface area contributed by atoms with Gasteiger partial charge in [-0.2, -0.15) is 0 Å². The van der Waals surface area contributed by atoms with Crippen molar-refractivity contribution in [1.29, 1.82) is 0 Å². The Hall–Kier alpha value is -1.30. The van der Waals surface area contributed by atoms with Gasteiger partial charge in [-0.3, -0.25) is 9.69 Å².